The number of ether oxygens (including phenoxy) is 1. The van der Waals surface area contributed by atoms with E-state index in [-0.39, 0.29) is 0 Å². The van der Waals surface area contributed by atoms with Crippen molar-refractivity contribution in [3.8, 4) is 0 Å². The first-order chi connectivity index (χ1) is 12.2. The van der Waals surface area contributed by atoms with E-state index in [9.17, 15) is 5.11 Å². The number of hydrogen-bond donors (Lipinski definition) is 1. The molecule has 2 heteroatoms. The van der Waals surface area contributed by atoms with E-state index >= 15 is 0 Å². The molecular formula is C24H40O2. The van der Waals surface area contributed by atoms with Crippen LogP contribution < -0.4 is 0 Å². The molecule has 4 fully saturated rings. The minimum Gasteiger partial charge on any atom is -0.387 e. The third kappa shape index (κ3) is 2.65. The monoisotopic (exact) mass is 360 g/mol. The lowest BCUT2D eigenvalue weighted by atomic mass is 9.44. The smallest absolute Gasteiger partial charge is 0.0883 e. The molecule has 1 N–H and O–H groups in total. The Labute approximate surface area is 160 Å². The first-order valence-electron chi connectivity index (χ1n) is 11.1. The maximum Gasteiger partial charge on any atom is 0.0883 e. The largest absolute Gasteiger partial charge is 0.387 e. The summed E-state index contributed by atoms with van der Waals surface area (Å²) in [5.74, 6) is 4.11. The van der Waals surface area contributed by atoms with Crippen LogP contribution in [0.15, 0.2) is 12.2 Å². The van der Waals surface area contributed by atoms with Gasteiger partial charge < -0.3 is 9.84 Å². The van der Waals surface area contributed by atoms with E-state index in [4.69, 9.17) is 4.74 Å². The number of methoxy groups -OCH3 is 1. The minimum atomic E-state index is -0.576. The van der Waals surface area contributed by atoms with E-state index in [0.717, 1.165) is 36.5 Å². The molecule has 148 valence electrons. The van der Waals surface area contributed by atoms with Crippen LogP contribution in [0.1, 0.15) is 78.6 Å². The molecule has 0 radical (unpaired) electrons. The van der Waals surface area contributed by atoms with Crippen molar-refractivity contribution < 1.29 is 9.84 Å². The molecule has 4 rings (SSSR count). The summed E-state index contributed by atoms with van der Waals surface area (Å²) in [6, 6.07) is 0. The number of rotatable bonds is 3. The van der Waals surface area contributed by atoms with Crippen molar-refractivity contribution in [3.63, 3.8) is 0 Å². The lowest BCUT2D eigenvalue weighted by molar-refractivity contribution is -0.161. The highest BCUT2D eigenvalue weighted by molar-refractivity contribution is 5.15. The number of aliphatic hydroxyl groups is 1. The topological polar surface area (TPSA) is 29.5 Å². The Morgan fingerprint density at radius 3 is 2.42 bits per heavy atom. The van der Waals surface area contributed by atoms with Gasteiger partial charge in [0.25, 0.3) is 0 Å². The van der Waals surface area contributed by atoms with Gasteiger partial charge in [-0.3, -0.25) is 0 Å². The van der Waals surface area contributed by atoms with Gasteiger partial charge in [-0.2, -0.15) is 0 Å². The molecule has 0 aromatic rings. The van der Waals surface area contributed by atoms with Gasteiger partial charge in [0.2, 0.25) is 0 Å². The van der Waals surface area contributed by atoms with Gasteiger partial charge in [-0.05, 0) is 105 Å². The molecule has 0 spiro atoms. The van der Waals surface area contributed by atoms with E-state index in [1.807, 2.05) is 0 Å². The second kappa shape index (κ2) is 6.34. The second-order valence-corrected chi connectivity index (χ2v) is 11.0. The predicted molar refractivity (Wildman–Crippen MR) is 107 cm³/mol. The highest BCUT2D eigenvalue weighted by atomic mass is 16.5. The summed E-state index contributed by atoms with van der Waals surface area (Å²) in [4.78, 5) is 0. The van der Waals surface area contributed by atoms with Gasteiger partial charge in [0.15, 0.2) is 0 Å². The summed E-state index contributed by atoms with van der Waals surface area (Å²) in [6.45, 7) is 12.3. The quantitative estimate of drug-likeness (QED) is 0.664. The van der Waals surface area contributed by atoms with Gasteiger partial charge in [-0.15, -0.1) is 0 Å². The average molecular weight is 361 g/mol. The summed E-state index contributed by atoms with van der Waals surface area (Å²) in [5, 5.41) is 11.0. The Kier molecular flexibility index (Phi) is 4.63. The fraction of sp³-hybridized carbons (Fsp3) is 0.917. The second-order valence-electron chi connectivity index (χ2n) is 11.0. The van der Waals surface area contributed by atoms with Crippen LogP contribution in [0.4, 0.5) is 0 Å². The van der Waals surface area contributed by atoms with Crippen molar-refractivity contribution in [2.75, 3.05) is 13.7 Å². The predicted octanol–water partition coefficient (Wildman–Crippen LogP) is 5.60. The third-order valence-corrected chi connectivity index (χ3v) is 9.83. The lowest BCUT2D eigenvalue weighted by Crippen LogP contribution is -2.56. The van der Waals surface area contributed by atoms with E-state index in [1.54, 1.807) is 7.11 Å². The molecule has 0 aromatic carbocycles. The van der Waals surface area contributed by atoms with Crippen LogP contribution in [0.25, 0.3) is 0 Å². The molecule has 0 unspecified atom stereocenters. The third-order valence-electron chi connectivity index (χ3n) is 9.83. The highest BCUT2D eigenvalue weighted by Crippen LogP contribution is 2.68. The molecule has 0 saturated heterocycles. The Morgan fingerprint density at radius 1 is 1.00 bits per heavy atom. The van der Waals surface area contributed by atoms with E-state index in [2.05, 4.69) is 27.4 Å². The first kappa shape index (κ1) is 19.0. The fourth-order valence-electron chi connectivity index (χ4n) is 8.53. The fourth-order valence-corrected chi connectivity index (χ4v) is 8.53. The Morgan fingerprint density at radius 2 is 1.73 bits per heavy atom. The zero-order valence-corrected chi connectivity index (χ0v) is 17.5. The highest BCUT2D eigenvalue weighted by Gasteiger charge is 2.61. The van der Waals surface area contributed by atoms with Gasteiger partial charge >= 0.3 is 0 Å². The van der Waals surface area contributed by atoms with Crippen molar-refractivity contribution in [1.29, 1.82) is 0 Å². The van der Waals surface area contributed by atoms with Gasteiger partial charge in [0.05, 0.1) is 12.2 Å². The van der Waals surface area contributed by atoms with Crippen LogP contribution in [0.2, 0.25) is 0 Å². The van der Waals surface area contributed by atoms with Gasteiger partial charge in [0, 0.05) is 7.11 Å². The van der Waals surface area contributed by atoms with Crippen LogP contribution in [-0.4, -0.2) is 24.4 Å². The Balaban J connectivity index is 1.56. The number of fused-ring (bicyclic) bond motifs is 5. The van der Waals surface area contributed by atoms with Crippen LogP contribution in [0.3, 0.4) is 0 Å². The normalized spacial score (nSPS) is 53.5. The molecule has 0 bridgehead atoms. The zero-order chi connectivity index (χ0) is 18.7. The van der Waals surface area contributed by atoms with E-state index < -0.39 is 5.60 Å². The summed E-state index contributed by atoms with van der Waals surface area (Å²) in [5.41, 5.74) is 1.79. The summed E-state index contributed by atoms with van der Waals surface area (Å²) < 4.78 is 5.35. The molecule has 26 heavy (non-hydrogen) atoms. The van der Waals surface area contributed by atoms with Crippen molar-refractivity contribution in [2.45, 2.75) is 84.2 Å². The molecule has 4 aliphatic rings. The van der Waals surface area contributed by atoms with Crippen LogP contribution in [0.5, 0.6) is 0 Å². The summed E-state index contributed by atoms with van der Waals surface area (Å²) in [7, 11) is 1.72. The molecule has 4 saturated carbocycles. The van der Waals surface area contributed by atoms with Crippen molar-refractivity contribution in [1.82, 2.24) is 0 Å². The van der Waals surface area contributed by atoms with E-state index in [1.165, 1.54) is 50.5 Å². The van der Waals surface area contributed by atoms with Gasteiger partial charge in [-0.1, -0.05) is 26.0 Å². The molecule has 2 nitrogen and oxygen atoms in total. The average Bonchev–Trinajstić information content (AvgIpc) is 2.93. The maximum atomic E-state index is 11.0. The first-order valence-corrected chi connectivity index (χ1v) is 11.1. The zero-order valence-electron chi connectivity index (χ0n) is 17.5. The van der Waals surface area contributed by atoms with Crippen LogP contribution >= 0.6 is 0 Å². The Hall–Kier alpha value is -0.340. The lowest BCUT2D eigenvalue weighted by Gasteiger charge is -2.62. The molecule has 8 atom stereocenters. The molecule has 0 heterocycles. The molecule has 0 aliphatic heterocycles. The van der Waals surface area contributed by atoms with E-state index in [0.29, 0.717) is 23.4 Å². The maximum absolute atomic E-state index is 11.0. The van der Waals surface area contributed by atoms with Crippen LogP contribution in [-0.2, 0) is 4.74 Å². The van der Waals surface area contributed by atoms with Crippen LogP contribution in [0, 0.1) is 40.4 Å². The molecule has 0 aromatic heterocycles. The van der Waals surface area contributed by atoms with Gasteiger partial charge in [-0.25, -0.2) is 0 Å². The summed E-state index contributed by atoms with van der Waals surface area (Å²) >= 11 is 0. The van der Waals surface area contributed by atoms with Crippen molar-refractivity contribution in [2.24, 2.45) is 40.4 Å². The summed E-state index contributed by atoms with van der Waals surface area (Å²) in [6.07, 6.45) is 11.3. The standard InChI is InChI=1S/C24H40O2/c1-16(2)19-8-9-20-18-7-6-17-14-24(25,15-26-5)13-12-22(17,3)21(18)10-11-23(19,20)4/h17-21,25H,1,6-15H2,2-5H3/t17-,18+,19-,20+,21+,22+,23-,24-/m1/s1. The molecule has 0 amide bonds. The van der Waals surface area contributed by atoms with Crippen molar-refractivity contribution >= 4 is 0 Å². The van der Waals surface area contributed by atoms with Gasteiger partial charge in [0.1, 0.15) is 0 Å². The number of hydrogen-bond acceptors (Lipinski definition) is 2. The Bertz CT molecular complexity index is 571. The SMILES string of the molecule is C=C(C)[C@H]1CC[C@H]2[C@@H]3CC[C@@H]4C[C@@](O)(COC)CC[C@]4(C)[C@H]3CC[C@]12C. The minimum absolute atomic E-state index is 0.436. The number of allylic oxidation sites excluding steroid dienone is 1. The van der Waals surface area contributed by atoms with Crippen molar-refractivity contribution in [3.05, 3.63) is 12.2 Å². The molecular weight excluding hydrogens is 320 g/mol. The molecule has 4 aliphatic carbocycles.